The molecule has 5 heterocycles. The number of nitrogens with zero attached hydrogens (tertiary/aromatic N) is 4. The number of aromatic amines is 1. The zero-order chi connectivity index (χ0) is 17.7. The van der Waals surface area contributed by atoms with Crippen LogP contribution in [0.2, 0.25) is 0 Å². The van der Waals surface area contributed by atoms with Crippen LogP contribution in [0, 0.1) is 6.92 Å². The summed E-state index contributed by atoms with van der Waals surface area (Å²) in [5.74, 6) is 2.24. The number of nitrogens with one attached hydrogen (secondary N) is 2. The van der Waals surface area contributed by atoms with E-state index >= 15 is 0 Å². The molecular formula is C19H23N7. The van der Waals surface area contributed by atoms with Gasteiger partial charge in [-0.3, -0.25) is 10.1 Å². The molecule has 5 rings (SSSR count). The monoisotopic (exact) mass is 349 g/mol. The lowest BCUT2D eigenvalue weighted by molar-refractivity contribution is 0.359. The average Bonchev–Trinajstić information content (AvgIpc) is 3.20. The highest BCUT2D eigenvalue weighted by Crippen LogP contribution is 2.38. The second kappa shape index (κ2) is 5.95. The van der Waals surface area contributed by atoms with Crippen LogP contribution < -0.4 is 16.0 Å². The Hall–Kier alpha value is -2.67. The Morgan fingerprint density at radius 3 is 2.73 bits per heavy atom. The predicted octanol–water partition coefficient (Wildman–Crippen LogP) is 2.66. The number of nitrogens with two attached hydrogens (primary N) is 1. The molecule has 1 unspecified atom stereocenters. The van der Waals surface area contributed by atoms with Gasteiger partial charge in [0.25, 0.3) is 0 Å². The number of hydrogen-bond acceptors (Lipinski definition) is 6. The molecule has 0 radical (unpaired) electrons. The molecule has 2 aliphatic heterocycles. The minimum absolute atomic E-state index is 0.342. The minimum Gasteiger partial charge on any atom is -0.384 e. The highest BCUT2D eigenvalue weighted by molar-refractivity contribution is 5.93. The van der Waals surface area contributed by atoms with Gasteiger partial charge in [0.15, 0.2) is 5.82 Å². The third-order valence-corrected chi connectivity index (χ3v) is 5.58. The Balaban J connectivity index is 1.67. The van der Waals surface area contributed by atoms with Gasteiger partial charge in [0.2, 0.25) is 0 Å². The number of rotatable bonds is 3. The van der Waals surface area contributed by atoms with Crippen LogP contribution in [0.1, 0.15) is 31.4 Å². The first-order valence-corrected chi connectivity index (χ1v) is 9.26. The van der Waals surface area contributed by atoms with E-state index < -0.39 is 0 Å². The summed E-state index contributed by atoms with van der Waals surface area (Å²) in [6, 6.07) is 9.42. The first-order chi connectivity index (χ1) is 12.7. The number of piperidine rings is 1. The molecule has 0 aromatic carbocycles. The van der Waals surface area contributed by atoms with Crippen LogP contribution in [0.4, 0.5) is 17.5 Å². The van der Waals surface area contributed by atoms with Crippen molar-refractivity contribution in [2.75, 3.05) is 10.6 Å². The summed E-state index contributed by atoms with van der Waals surface area (Å²) in [5, 5.41) is 12.4. The second-order valence-corrected chi connectivity index (χ2v) is 7.48. The average molecular weight is 349 g/mol. The zero-order valence-corrected chi connectivity index (χ0v) is 14.8. The SMILES string of the molecule is Cc1cc(N(c2nc(N)cc3ncccc23)C2C[C@H]3CC[C@@H](C2)N3)n[nH]1. The molecule has 0 saturated carbocycles. The van der Waals surface area contributed by atoms with Crippen molar-refractivity contribution in [3.05, 3.63) is 36.2 Å². The summed E-state index contributed by atoms with van der Waals surface area (Å²) < 4.78 is 0. The maximum Gasteiger partial charge on any atom is 0.156 e. The van der Waals surface area contributed by atoms with E-state index in [0.29, 0.717) is 23.9 Å². The van der Waals surface area contributed by atoms with E-state index in [1.807, 2.05) is 19.1 Å². The lowest BCUT2D eigenvalue weighted by atomic mass is 9.97. The Morgan fingerprint density at radius 2 is 2.00 bits per heavy atom. The fourth-order valence-electron chi connectivity index (χ4n) is 4.49. The number of hydrogen-bond donors (Lipinski definition) is 3. The molecule has 134 valence electrons. The van der Waals surface area contributed by atoms with Gasteiger partial charge >= 0.3 is 0 Å². The summed E-state index contributed by atoms with van der Waals surface area (Å²) >= 11 is 0. The molecule has 26 heavy (non-hydrogen) atoms. The maximum atomic E-state index is 6.12. The highest BCUT2D eigenvalue weighted by Gasteiger charge is 2.38. The molecule has 0 amide bonds. The minimum atomic E-state index is 0.342. The number of anilines is 3. The molecule has 3 atom stereocenters. The molecule has 2 bridgehead atoms. The summed E-state index contributed by atoms with van der Waals surface area (Å²) in [6.45, 7) is 2.02. The Morgan fingerprint density at radius 1 is 1.19 bits per heavy atom. The second-order valence-electron chi connectivity index (χ2n) is 7.48. The van der Waals surface area contributed by atoms with E-state index in [1.54, 1.807) is 6.20 Å². The smallest absolute Gasteiger partial charge is 0.156 e. The molecular weight excluding hydrogens is 326 g/mol. The third kappa shape index (κ3) is 2.59. The van der Waals surface area contributed by atoms with Crippen molar-refractivity contribution in [1.82, 2.24) is 25.5 Å². The molecule has 7 heteroatoms. The number of nitrogen functional groups attached to an aromatic ring is 1. The zero-order valence-electron chi connectivity index (χ0n) is 14.8. The van der Waals surface area contributed by atoms with Crippen molar-refractivity contribution < 1.29 is 0 Å². The predicted molar refractivity (Wildman–Crippen MR) is 102 cm³/mol. The van der Waals surface area contributed by atoms with Crippen LogP contribution >= 0.6 is 0 Å². The van der Waals surface area contributed by atoms with Gasteiger partial charge in [-0.05, 0) is 44.7 Å². The normalized spacial score (nSPS) is 24.9. The van der Waals surface area contributed by atoms with Crippen LogP contribution in [-0.4, -0.2) is 38.3 Å². The Bertz CT molecular complexity index is 938. The van der Waals surface area contributed by atoms with Crippen LogP contribution in [-0.2, 0) is 0 Å². The lowest BCUT2D eigenvalue weighted by Crippen LogP contribution is -2.47. The Labute approximate surface area is 152 Å². The van der Waals surface area contributed by atoms with Gasteiger partial charge in [-0.25, -0.2) is 4.98 Å². The van der Waals surface area contributed by atoms with Crippen LogP contribution in [0.5, 0.6) is 0 Å². The number of H-pyrrole nitrogens is 1. The number of aromatic nitrogens is 4. The van der Waals surface area contributed by atoms with E-state index in [9.17, 15) is 0 Å². The van der Waals surface area contributed by atoms with Crippen molar-refractivity contribution >= 4 is 28.4 Å². The standard InChI is InChI=1S/C19H23N7/c1-11-7-18(25-24-11)26(14-8-12-4-5-13(9-14)22-12)19-15-3-2-6-21-16(15)10-17(20)23-19/h2-3,6-7,10,12-14,22H,4-5,8-9H2,1H3,(H2,20,23)(H,24,25)/t12-,13+,14?. The molecule has 3 aromatic rings. The maximum absolute atomic E-state index is 6.12. The van der Waals surface area contributed by atoms with Crippen LogP contribution in [0.3, 0.4) is 0 Å². The molecule has 4 N–H and O–H groups in total. The van der Waals surface area contributed by atoms with Crippen molar-refractivity contribution in [3.63, 3.8) is 0 Å². The fourth-order valence-corrected chi connectivity index (χ4v) is 4.49. The number of pyridine rings is 2. The fraction of sp³-hybridized carbons (Fsp3) is 0.421. The van der Waals surface area contributed by atoms with Gasteiger partial charge in [0.1, 0.15) is 11.6 Å². The van der Waals surface area contributed by atoms with Gasteiger partial charge in [-0.1, -0.05) is 0 Å². The molecule has 3 aromatic heterocycles. The van der Waals surface area contributed by atoms with E-state index in [-0.39, 0.29) is 0 Å². The summed E-state index contributed by atoms with van der Waals surface area (Å²) in [6.07, 6.45) is 6.46. The molecule has 2 saturated heterocycles. The lowest BCUT2D eigenvalue weighted by Gasteiger charge is -2.37. The van der Waals surface area contributed by atoms with E-state index in [1.165, 1.54) is 12.8 Å². The van der Waals surface area contributed by atoms with Crippen molar-refractivity contribution in [1.29, 1.82) is 0 Å². The van der Waals surface area contributed by atoms with Gasteiger partial charge in [-0.2, -0.15) is 5.10 Å². The summed E-state index contributed by atoms with van der Waals surface area (Å²) in [4.78, 5) is 11.5. The van der Waals surface area contributed by atoms with E-state index in [0.717, 1.165) is 41.1 Å². The van der Waals surface area contributed by atoms with E-state index in [2.05, 4.69) is 37.5 Å². The largest absolute Gasteiger partial charge is 0.384 e. The number of aryl methyl sites for hydroxylation is 1. The van der Waals surface area contributed by atoms with Gasteiger partial charge in [0, 0.05) is 47.5 Å². The van der Waals surface area contributed by atoms with Gasteiger partial charge in [-0.15, -0.1) is 0 Å². The third-order valence-electron chi connectivity index (χ3n) is 5.58. The number of fused-ring (bicyclic) bond motifs is 3. The molecule has 7 nitrogen and oxygen atoms in total. The van der Waals surface area contributed by atoms with Crippen LogP contribution in [0.25, 0.3) is 10.9 Å². The Kier molecular flexibility index (Phi) is 3.56. The van der Waals surface area contributed by atoms with E-state index in [4.69, 9.17) is 10.7 Å². The first-order valence-electron chi connectivity index (χ1n) is 9.26. The first kappa shape index (κ1) is 15.6. The highest BCUT2D eigenvalue weighted by atomic mass is 15.3. The van der Waals surface area contributed by atoms with Gasteiger partial charge in [0.05, 0.1) is 5.52 Å². The topological polar surface area (TPSA) is 95.8 Å². The summed E-state index contributed by atoms with van der Waals surface area (Å²) in [5.41, 5.74) is 8.02. The van der Waals surface area contributed by atoms with Crippen molar-refractivity contribution in [2.45, 2.75) is 50.7 Å². The molecule has 0 aliphatic carbocycles. The van der Waals surface area contributed by atoms with Crippen molar-refractivity contribution in [2.24, 2.45) is 0 Å². The quantitative estimate of drug-likeness (QED) is 0.673. The molecule has 2 aliphatic rings. The van der Waals surface area contributed by atoms with Crippen LogP contribution in [0.15, 0.2) is 30.5 Å². The summed E-state index contributed by atoms with van der Waals surface area (Å²) in [7, 11) is 0. The molecule has 2 fully saturated rings. The molecule has 0 spiro atoms. The van der Waals surface area contributed by atoms with Gasteiger partial charge < -0.3 is 16.0 Å². The van der Waals surface area contributed by atoms with Crippen molar-refractivity contribution in [3.8, 4) is 0 Å².